The first kappa shape index (κ1) is 13.5. The molecule has 0 saturated heterocycles. The summed E-state index contributed by atoms with van der Waals surface area (Å²) in [5.41, 5.74) is 0.284. The first-order chi connectivity index (χ1) is 8.43. The molecular formula is C14H21NO2S. The van der Waals surface area contributed by atoms with E-state index in [1.54, 1.807) is 25.2 Å². The minimum atomic E-state index is -0.873. The molecule has 2 rings (SSSR count). The summed E-state index contributed by atoms with van der Waals surface area (Å²) in [5.74, 6) is -0.250. The number of carbonyl (C=O) groups is 1. The van der Waals surface area contributed by atoms with Gasteiger partial charge in [-0.25, -0.2) is 4.98 Å². The number of aliphatic carboxylic acids is 1. The van der Waals surface area contributed by atoms with Gasteiger partial charge in [-0.15, -0.1) is 11.3 Å². The molecule has 0 aromatic carbocycles. The minimum absolute atomic E-state index is 0.549. The van der Waals surface area contributed by atoms with Crippen LogP contribution in [0.25, 0.3) is 0 Å². The molecular weight excluding hydrogens is 246 g/mol. The summed E-state index contributed by atoms with van der Waals surface area (Å²) in [4.78, 5) is 17.1. The van der Waals surface area contributed by atoms with Gasteiger partial charge in [-0.1, -0.05) is 19.3 Å². The molecule has 1 aromatic heterocycles. The number of rotatable bonds is 3. The van der Waals surface area contributed by atoms with Crippen LogP contribution in [-0.2, 0) is 10.2 Å². The van der Waals surface area contributed by atoms with E-state index in [1.165, 1.54) is 37.0 Å². The molecule has 1 saturated carbocycles. The number of thiazole rings is 1. The Morgan fingerprint density at radius 2 is 1.94 bits per heavy atom. The molecule has 100 valence electrons. The van der Waals surface area contributed by atoms with Gasteiger partial charge in [0.1, 0.15) is 10.4 Å². The number of hydrogen-bond donors (Lipinski definition) is 1. The summed E-state index contributed by atoms with van der Waals surface area (Å²) in [6, 6.07) is 0. The molecule has 1 N–H and O–H groups in total. The molecule has 1 fully saturated rings. The minimum Gasteiger partial charge on any atom is -0.481 e. The van der Waals surface area contributed by atoms with Gasteiger partial charge in [0, 0.05) is 10.8 Å². The van der Waals surface area contributed by atoms with Crippen molar-refractivity contribution in [3.8, 4) is 0 Å². The van der Waals surface area contributed by atoms with E-state index >= 15 is 0 Å². The Morgan fingerprint density at radius 1 is 1.33 bits per heavy atom. The lowest BCUT2D eigenvalue weighted by molar-refractivity contribution is -0.142. The fourth-order valence-corrected chi connectivity index (χ4v) is 3.62. The average molecular weight is 267 g/mol. The normalized spacial score (nSPS) is 17.9. The van der Waals surface area contributed by atoms with Crippen molar-refractivity contribution in [2.24, 2.45) is 0 Å². The van der Waals surface area contributed by atoms with Crippen molar-refractivity contribution in [1.82, 2.24) is 4.98 Å². The fourth-order valence-electron chi connectivity index (χ4n) is 2.52. The molecule has 0 atom stereocenters. The molecule has 0 spiro atoms. The molecule has 1 aliphatic rings. The highest BCUT2D eigenvalue weighted by atomic mass is 32.1. The standard InChI is InChI=1S/C14H21NO2S/c1-9-11(10-7-5-4-6-8-10)15-12(18-9)14(2,3)13(16)17/h10H,4-8H2,1-3H3,(H,16,17). The highest BCUT2D eigenvalue weighted by Gasteiger charge is 2.34. The van der Waals surface area contributed by atoms with Gasteiger partial charge in [0.15, 0.2) is 0 Å². The Bertz CT molecular complexity index is 445. The summed E-state index contributed by atoms with van der Waals surface area (Å²) in [6.45, 7) is 5.54. The largest absolute Gasteiger partial charge is 0.481 e. The van der Waals surface area contributed by atoms with E-state index in [0.717, 1.165) is 10.7 Å². The van der Waals surface area contributed by atoms with Crippen LogP contribution in [-0.4, -0.2) is 16.1 Å². The van der Waals surface area contributed by atoms with Crippen LogP contribution in [0.15, 0.2) is 0 Å². The first-order valence-electron chi connectivity index (χ1n) is 6.64. The van der Waals surface area contributed by atoms with E-state index in [9.17, 15) is 9.90 Å². The van der Waals surface area contributed by atoms with Crippen molar-refractivity contribution in [3.63, 3.8) is 0 Å². The average Bonchev–Trinajstić information content (AvgIpc) is 2.73. The van der Waals surface area contributed by atoms with Crippen molar-refractivity contribution in [2.45, 2.75) is 64.2 Å². The molecule has 0 radical (unpaired) electrons. The zero-order chi connectivity index (χ0) is 13.3. The maximum absolute atomic E-state index is 11.3. The lowest BCUT2D eigenvalue weighted by atomic mass is 9.86. The van der Waals surface area contributed by atoms with E-state index in [0.29, 0.717) is 5.92 Å². The molecule has 0 amide bonds. The van der Waals surface area contributed by atoms with Crippen LogP contribution in [0.2, 0.25) is 0 Å². The third-order valence-corrected chi connectivity index (χ3v) is 5.20. The van der Waals surface area contributed by atoms with Gasteiger partial charge in [0.05, 0.1) is 5.69 Å². The zero-order valence-electron chi connectivity index (χ0n) is 11.3. The second kappa shape index (κ2) is 5.00. The second-order valence-corrected chi connectivity index (χ2v) is 6.93. The number of hydrogen-bond acceptors (Lipinski definition) is 3. The van der Waals surface area contributed by atoms with Gasteiger partial charge >= 0.3 is 5.97 Å². The van der Waals surface area contributed by atoms with E-state index in [4.69, 9.17) is 0 Å². The van der Waals surface area contributed by atoms with Crippen molar-refractivity contribution in [3.05, 3.63) is 15.6 Å². The second-order valence-electron chi connectivity index (χ2n) is 5.73. The van der Waals surface area contributed by atoms with Crippen LogP contribution in [0.4, 0.5) is 0 Å². The lowest BCUT2D eigenvalue weighted by Crippen LogP contribution is -2.28. The monoisotopic (exact) mass is 267 g/mol. The van der Waals surface area contributed by atoms with Crippen LogP contribution < -0.4 is 0 Å². The van der Waals surface area contributed by atoms with Gasteiger partial charge in [-0.2, -0.15) is 0 Å². The zero-order valence-corrected chi connectivity index (χ0v) is 12.1. The van der Waals surface area contributed by atoms with E-state index in [-0.39, 0.29) is 0 Å². The Labute approximate surface area is 112 Å². The number of aryl methyl sites for hydroxylation is 1. The molecule has 1 aromatic rings. The number of aromatic nitrogens is 1. The number of carboxylic acids is 1. The predicted molar refractivity (Wildman–Crippen MR) is 73.3 cm³/mol. The van der Waals surface area contributed by atoms with Crippen LogP contribution in [0.3, 0.4) is 0 Å². The Kier molecular flexibility index (Phi) is 3.76. The quantitative estimate of drug-likeness (QED) is 0.904. The topological polar surface area (TPSA) is 50.2 Å². The maximum Gasteiger partial charge on any atom is 0.316 e. The van der Waals surface area contributed by atoms with E-state index in [1.807, 2.05) is 0 Å². The van der Waals surface area contributed by atoms with E-state index < -0.39 is 11.4 Å². The molecule has 3 nitrogen and oxygen atoms in total. The van der Waals surface area contributed by atoms with Crippen molar-refractivity contribution in [1.29, 1.82) is 0 Å². The van der Waals surface area contributed by atoms with Crippen LogP contribution in [0, 0.1) is 6.92 Å². The molecule has 1 aliphatic carbocycles. The van der Waals surface area contributed by atoms with Gasteiger partial charge in [-0.05, 0) is 33.6 Å². The summed E-state index contributed by atoms with van der Waals surface area (Å²) in [6.07, 6.45) is 6.29. The smallest absolute Gasteiger partial charge is 0.316 e. The Morgan fingerprint density at radius 3 is 2.50 bits per heavy atom. The van der Waals surface area contributed by atoms with Crippen LogP contribution in [0.5, 0.6) is 0 Å². The number of nitrogens with zero attached hydrogens (tertiary/aromatic N) is 1. The third kappa shape index (κ3) is 2.44. The van der Waals surface area contributed by atoms with Crippen molar-refractivity contribution >= 4 is 17.3 Å². The summed E-state index contributed by atoms with van der Waals surface area (Å²) < 4.78 is 0. The number of carboxylic acid groups (broad SMARTS) is 1. The summed E-state index contributed by atoms with van der Waals surface area (Å²) in [5, 5.41) is 10.0. The van der Waals surface area contributed by atoms with E-state index in [2.05, 4.69) is 11.9 Å². The fraction of sp³-hybridized carbons (Fsp3) is 0.714. The predicted octanol–water partition coefficient (Wildman–Crippen LogP) is 3.86. The van der Waals surface area contributed by atoms with Gasteiger partial charge < -0.3 is 5.11 Å². The molecule has 4 heteroatoms. The molecule has 0 bridgehead atoms. The first-order valence-corrected chi connectivity index (χ1v) is 7.45. The Balaban J connectivity index is 2.29. The Hall–Kier alpha value is -0.900. The van der Waals surface area contributed by atoms with Crippen molar-refractivity contribution in [2.75, 3.05) is 0 Å². The summed E-state index contributed by atoms with van der Waals surface area (Å²) in [7, 11) is 0. The van der Waals surface area contributed by atoms with Crippen LogP contribution >= 0.6 is 11.3 Å². The third-order valence-electron chi connectivity index (χ3n) is 3.89. The molecule has 0 unspecified atom stereocenters. The van der Waals surface area contributed by atoms with Gasteiger partial charge in [0.2, 0.25) is 0 Å². The lowest BCUT2D eigenvalue weighted by Gasteiger charge is -2.20. The summed E-state index contributed by atoms with van der Waals surface area (Å²) >= 11 is 1.55. The molecule has 1 heterocycles. The molecule has 0 aliphatic heterocycles. The maximum atomic E-state index is 11.3. The SMILES string of the molecule is Cc1sc(C(C)(C)C(=O)O)nc1C1CCCCC1. The van der Waals surface area contributed by atoms with Gasteiger partial charge in [-0.3, -0.25) is 4.79 Å². The van der Waals surface area contributed by atoms with Gasteiger partial charge in [0.25, 0.3) is 0 Å². The molecule has 18 heavy (non-hydrogen) atoms. The highest BCUT2D eigenvalue weighted by molar-refractivity contribution is 7.12. The van der Waals surface area contributed by atoms with Crippen LogP contribution in [0.1, 0.15) is 67.4 Å². The van der Waals surface area contributed by atoms with Crippen molar-refractivity contribution < 1.29 is 9.90 Å². The highest BCUT2D eigenvalue weighted by Crippen LogP contribution is 2.38.